The van der Waals surface area contributed by atoms with E-state index in [1.54, 1.807) is 25.1 Å². The van der Waals surface area contributed by atoms with Crippen molar-refractivity contribution in [3.05, 3.63) is 71.4 Å². The SMILES string of the molecule is COc1cc(C(=O)OCc2nnc(C)o2)ccc1OCc1ccccc1. The Kier molecular flexibility index (Phi) is 5.48. The summed E-state index contributed by atoms with van der Waals surface area (Å²) in [7, 11) is 1.51. The molecule has 0 aliphatic carbocycles. The molecule has 0 amide bonds. The first-order chi connectivity index (χ1) is 12.7. The van der Waals surface area contributed by atoms with Gasteiger partial charge in [-0.2, -0.15) is 0 Å². The second kappa shape index (κ2) is 8.15. The molecule has 3 aromatic rings. The molecule has 0 fully saturated rings. The first-order valence-electron chi connectivity index (χ1n) is 7.96. The lowest BCUT2D eigenvalue weighted by Gasteiger charge is -2.12. The van der Waals surface area contributed by atoms with Crippen LogP contribution in [0.2, 0.25) is 0 Å². The van der Waals surface area contributed by atoms with Crippen molar-refractivity contribution >= 4 is 5.97 Å². The molecule has 2 aromatic carbocycles. The Bertz CT molecular complexity index is 877. The monoisotopic (exact) mass is 354 g/mol. The zero-order chi connectivity index (χ0) is 18.4. The van der Waals surface area contributed by atoms with Crippen LogP contribution in [-0.4, -0.2) is 23.3 Å². The van der Waals surface area contributed by atoms with Gasteiger partial charge in [-0.1, -0.05) is 30.3 Å². The molecular formula is C19H18N2O5. The van der Waals surface area contributed by atoms with Crippen molar-refractivity contribution < 1.29 is 23.4 Å². The van der Waals surface area contributed by atoms with Crippen LogP contribution in [-0.2, 0) is 18.0 Å². The van der Waals surface area contributed by atoms with E-state index in [-0.39, 0.29) is 12.5 Å². The molecule has 134 valence electrons. The summed E-state index contributed by atoms with van der Waals surface area (Å²) in [6, 6.07) is 14.6. The van der Waals surface area contributed by atoms with Gasteiger partial charge >= 0.3 is 5.97 Å². The molecule has 1 aromatic heterocycles. The molecule has 7 nitrogen and oxygen atoms in total. The zero-order valence-electron chi connectivity index (χ0n) is 14.5. The molecule has 1 heterocycles. The lowest BCUT2D eigenvalue weighted by atomic mass is 10.2. The molecule has 0 aliphatic heterocycles. The molecule has 0 atom stereocenters. The van der Waals surface area contributed by atoms with Gasteiger partial charge in [-0.15, -0.1) is 10.2 Å². The molecule has 0 spiro atoms. The maximum atomic E-state index is 12.2. The fourth-order valence-corrected chi connectivity index (χ4v) is 2.26. The maximum absolute atomic E-state index is 12.2. The molecule has 3 rings (SSSR count). The molecule has 0 radical (unpaired) electrons. The Hall–Kier alpha value is -3.35. The fraction of sp³-hybridized carbons (Fsp3) is 0.211. The first kappa shape index (κ1) is 17.5. The van der Waals surface area contributed by atoms with Crippen LogP contribution in [0.4, 0.5) is 0 Å². The number of methoxy groups -OCH3 is 1. The molecule has 26 heavy (non-hydrogen) atoms. The van der Waals surface area contributed by atoms with Crippen LogP contribution >= 0.6 is 0 Å². The van der Waals surface area contributed by atoms with E-state index in [2.05, 4.69) is 10.2 Å². The predicted molar refractivity (Wildman–Crippen MR) is 91.9 cm³/mol. The topological polar surface area (TPSA) is 83.7 Å². The minimum absolute atomic E-state index is 0.0890. The van der Waals surface area contributed by atoms with Crippen molar-refractivity contribution in [1.82, 2.24) is 10.2 Å². The lowest BCUT2D eigenvalue weighted by molar-refractivity contribution is 0.0436. The van der Waals surface area contributed by atoms with Gasteiger partial charge in [0.1, 0.15) is 6.61 Å². The third kappa shape index (κ3) is 4.38. The van der Waals surface area contributed by atoms with Crippen molar-refractivity contribution in [3.8, 4) is 11.5 Å². The number of benzene rings is 2. The van der Waals surface area contributed by atoms with Crippen LogP contribution in [0.5, 0.6) is 11.5 Å². The largest absolute Gasteiger partial charge is 0.493 e. The molecule has 0 unspecified atom stereocenters. The van der Waals surface area contributed by atoms with Crippen molar-refractivity contribution in [3.63, 3.8) is 0 Å². The lowest BCUT2D eigenvalue weighted by Crippen LogP contribution is -2.06. The molecule has 0 N–H and O–H groups in total. The van der Waals surface area contributed by atoms with Crippen molar-refractivity contribution in [2.75, 3.05) is 7.11 Å². The normalized spacial score (nSPS) is 10.4. The molecular weight excluding hydrogens is 336 g/mol. The number of aromatic nitrogens is 2. The number of carbonyl (C=O) groups excluding carboxylic acids is 1. The molecule has 0 saturated carbocycles. The molecule has 0 bridgehead atoms. The van der Waals surface area contributed by atoms with E-state index >= 15 is 0 Å². The summed E-state index contributed by atoms with van der Waals surface area (Å²) < 4.78 is 21.4. The Morgan fingerprint density at radius 3 is 2.54 bits per heavy atom. The maximum Gasteiger partial charge on any atom is 0.338 e. The van der Waals surface area contributed by atoms with E-state index in [9.17, 15) is 4.79 Å². The first-order valence-corrected chi connectivity index (χ1v) is 7.96. The number of aryl methyl sites for hydroxylation is 1. The third-order valence-electron chi connectivity index (χ3n) is 3.53. The molecule has 7 heteroatoms. The predicted octanol–water partition coefficient (Wildman–Crippen LogP) is 3.32. The Labute approximate surface area is 150 Å². The number of esters is 1. The van der Waals surface area contributed by atoms with Crippen LogP contribution in [0.15, 0.2) is 52.9 Å². The van der Waals surface area contributed by atoms with Crippen LogP contribution in [0, 0.1) is 6.92 Å². The number of hydrogen-bond acceptors (Lipinski definition) is 7. The number of nitrogens with zero attached hydrogens (tertiary/aromatic N) is 2. The van der Waals surface area contributed by atoms with Gasteiger partial charge in [0.2, 0.25) is 5.89 Å². The number of rotatable bonds is 7. The Morgan fingerprint density at radius 2 is 1.85 bits per heavy atom. The molecule has 0 saturated heterocycles. The second-order valence-corrected chi connectivity index (χ2v) is 5.43. The third-order valence-corrected chi connectivity index (χ3v) is 3.53. The summed E-state index contributed by atoms with van der Waals surface area (Å²) in [5.41, 5.74) is 1.37. The summed E-state index contributed by atoms with van der Waals surface area (Å²) >= 11 is 0. The van der Waals surface area contributed by atoms with Crippen LogP contribution in [0.3, 0.4) is 0 Å². The highest BCUT2D eigenvalue weighted by Crippen LogP contribution is 2.29. The van der Waals surface area contributed by atoms with E-state index in [0.717, 1.165) is 5.56 Å². The average Bonchev–Trinajstić information content (AvgIpc) is 3.10. The van der Waals surface area contributed by atoms with Gasteiger partial charge in [0.05, 0.1) is 12.7 Å². The van der Waals surface area contributed by atoms with E-state index in [4.69, 9.17) is 18.6 Å². The van der Waals surface area contributed by atoms with Crippen molar-refractivity contribution in [2.45, 2.75) is 20.1 Å². The Balaban J connectivity index is 1.64. The van der Waals surface area contributed by atoms with E-state index < -0.39 is 5.97 Å². The van der Waals surface area contributed by atoms with E-state index in [1.807, 2.05) is 30.3 Å². The molecule has 0 aliphatic rings. The van der Waals surface area contributed by atoms with Crippen molar-refractivity contribution in [2.24, 2.45) is 0 Å². The van der Waals surface area contributed by atoms with Crippen molar-refractivity contribution in [1.29, 1.82) is 0 Å². The van der Waals surface area contributed by atoms with Crippen LogP contribution in [0.1, 0.15) is 27.7 Å². The highest BCUT2D eigenvalue weighted by molar-refractivity contribution is 5.90. The van der Waals surface area contributed by atoms with Crippen LogP contribution in [0.25, 0.3) is 0 Å². The van der Waals surface area contributed by atoms with Gasteiger partial charge < -0.3 is 18.6 Å². The highest BCUT2D eigenvalue weighted by Gasteiger charge is 2.14. The summed E-state index contributed by atoms with van der Waals surface area (Å²) in [5.74, 6) is 1.13. The average molecular weight is 354 g/mol. The van der Waals surface area contributed by atoms with E-state index in [1.165, 1.54) is 7.11 Å². The highest BCUT2D eigenvalue weighted by atomic mass is 16.5. The van der Waals surface area contributed by atoms with Gasteiger partial charge in [0.25, 0.3) is 5.89 Å². The summed E-state index contributed by atoms with van der Waals surface area (Å²) in [5, 5.41) is 7.45. The minimum Gasteiger partial charge on any atom is -0.493 e. The smallest absolute Gasteiger partial charge is 0.338 e. The van der Waals surface area contributed by atoms with Gasteiger partial charge in [-0.3, -0.25) is 0 Å². The van der Waals surface area contributed by atoms with Gasteiger partial charge in [-0.05, 0) is 23.8 Å². The Morgan fingerprint density at radius 1 is 1.04 bits per heavy atom. The number of ether oxygens (including phenoxy) is 3. The second-order valence-electron chi connectivity index (χ2n) is 5.43. The van der Waals surface area contributed by atoms with Gasteiger partial charge in [-0.25, -0.2) is 4.79 Å². The summed E-state index contributed by atoms with van der Waals surface area (Å²) in [4.78, 5) is 12.2. The zero-order valence-corrected chi connectivity index (χ0v) is 14.5. The van der Waals surface area contributed by atoms with Gasteiger partial charge in [0, 0.05) is 6.92 Å². The van der Waals surface area contributed by atoms with E-state index in [0.29, 0.717) is 29.6 Å². The number of hydrogen-bond donors (Lipinski definition) is 0. The fourth-order valence-electron chi connectivity index (χ4n) is 2.26. The van der Waals surface area contributed by atoms with Gasteiger partial charge in [0.15, 0.2) is 18.1 Å². The quantitative estimate of drug-likeness (QED) is 0.602. The number of carbonyl (C=O) groups is 1. The summed E-state index contributed by atoms with van der Waals surface area (Å²) in [6.07, 6.45) is 0. The van der Waals surface area contributed by atoms with Crippen LogP contribution < -0.4 is 9.47 Å². The standard InChI is InChI=1S/C19H18N2O5/c1-13-20-21-18(26-13)12-25-19(22)15-8-9-16(17(10-15)23-2)24-11-14-6-4-3-5-7-14/h3-10H,11-12H2,1-2H3. The summed E-state index contributed by atoms with van der Waals surface area (Å²) in [6.45, 7) is 1.98. The minimum atomic E-state index is -0.520.